The minimum absolute atomic E-state index is 0.0400. The van der Waals surface area contributed by atoms with Crippen molar-refractivity contribution in [2.45, 2.75) is 4.90 Å². The van der Waals surface area contributed by atoms with Gasteiger partial charge in [-0.15, -0.1) is 4.40 Å². The smallest absolute Gasteiger partial charge is 0.285 e. The Balaban J connectivity index is 2.23. The van der Waals surface area contributed by atoms with Crippen LogP contribution in [0.2, 0.25) is 0 Å². The van der Waals surface area contributed by atoms with Crippen molar-refractivity contribution in [2.24, 2.45) is 4.40 Å². The molecule has 1 aliphatic rings. The molecule has 0 fully saturated rings. The summed E-state index contributed by atoms with van der Waals surface area (Å²) in [7, 11) is -3.72. The lowest BCUT2D eigenvalue weighted by Gasteiger charge is -2.06. The van der Waals surface area contributed by atoms with Gasteiger partial charge in [0, 0.05) is 5.56 Å². The molecule has 7 nitrogen and oxygen atoms in total. The fourth-order valence-electron chi connectivity index (χ4n) is 1.34. The second-order valence-electron chi connectivity index (χ2n) is 3.17. The third-order valence-corrected chi connectivity index (χ3v) is 3.33. The zero-order chi connectivity index (χ0) is 12.5. The first kappa shape index (κ1) is 11.6. The van der Waals surface area contributed by atoms with Crippen molar-refractivity contribution >= 4 is 21.8 Å². The number of benzene rings is 1. The lowest BCUT2D eigenvalue weighted by molar-refractivity contribution is -0.310. The van der Waals surface area contributed by atoms with Crippen LogP contribution >= 0.6 is 0 Å². The topological polar surface area (TPSA) is 108 Å². The molecule has 0 atom stereocenters. The van der Waals surface area contributed by atoms with Crippen LogP contribution in [-0.2, 0) is 19.7 Å². The summed E-state index contributed by atoms with van der Waals surface area (Å²) in [6, 6.07) is 6.14. The van der Waals surface area contributed by atoms with Crippen molar-refractivity contribution in [2.75, 3.05) is 6.61 Å². The summed E-state index contributed by atoms with van der Waals surface area (Å²) >= 11 is 0. The number of hydroxylamine groups is 1. The van der Waals surface area contributed by atoms with Gasteiger partial charge in [0.2, 0.25) is 0 Å². The fourth-order valence-corrected chi connectivity index (χ4v) is 2.51. The largest absolute Gasteiger partial charge is 0.548 e. The van der Waals surface area contributed by atoms with E-state index in [0.29, 0.717) is 5.56 Å². The highest BCUT2D eigenvalue weighted by Crippen LogP contribution is 2.24. The minimum atomic E-state index is -3.72. The van der Waals surface area contributed by atoms with Crippen molar-refractivity contribution in [3.05, 3.63) is 29.8 Å². The second kappa shape index (κ2) is 4.15. The average Bonchev–Trinajstić information content (AvgIpc) is 2.51. The van der Waals surface area contributed by atoms with Gasteiger partial charge in [0.15, 0.2) is 5.84 Å². The van der Waals surface area contributed by atoms with Crippen LogP contribution in [0, 0.1) is 0 Å². The Kier molecular flexibility index (Phi) is 2.82. The molecule has 90 valence electrons. The van der Waals surface area contributed by atoms with E-state index in [2.05, 4.69) is 14.7 Å². The maximum absolute atomic E-state index is 11.5. The van der Waals surface area contributed by atoms with Gasteiger partial charge in [0.25, 0.3) is 10.0 Å². The number of nitrogens with zero attached hydrogens (tertiary/aromatic N) is 1. The summed E-state index contributed by atoms with van der Waals surface area (Å²) in [6.07, 6.45) is 0. The van der Waals surface area contributed by atoms with E-state index in [0.717, 1.165) is 0 Å². The second-order valence-corrected chi connectivity index (χ2v) is 4.75. The quantitative estimate of drug-likeness (QED) is 0.652. The lowest BCUT2D eigenvalue weighted by atomic mass is 10.2. The number of aliphatic carboxylic acids is 1. The molecule has 17 heavy (non-hydrogen) atoms. The number of sulfonamides is 1. The van der Waals surface area contributed by atoms with Crippen molar-refractivity contribution in [1.29, 1.82) is 0 Å². The molecule has 1 N–H and O–H groups in total. The Morgan fingerprint density at radius 2 is 2.12 bits per heavy atom. The molecular formula is C9H7N2O5S-. The number of hydrogen-bond donors (Lipinski definition) is 1. The summed E-state index contributed by atoms with van der Waals surface area (Å²) in [5.41, 5.74) is 2.51. The fraction of sp³-hybridized carbons (Fsp3) is 0.111. The Bertz CT molecular complexity index is 593. The van der Waals surface area contributed by atoms with Crippen LogP contribution < -0.4 is 10.6 Å². The van der Waals surface area contributed by atoms with E-state index in [1.54, 1.807) is 12.1 Å². The predicted molar refractivity (Wildman–Crippen MR) is 54.3 cm³/mol. The van der Waals surface area contributed by atoms with Crippen molar-refractivity contribution in [3.8, 4) is 0 Å². The molecule has 0 unspecified atom stereocenters. The SMILES string of the molecule is O=C([O-])CONC1=NS(=O)(=O)c2ccccc21. The summed E-state index contributed by atoms with van der Waals surface area (Å²) < 4.78 is 26.5. The minimum Gasteiger partial charge on any atom is -0.548 e. The lowest BCUT2D eigenvalue weighted by Crippen LogP contribution is -2.33. The first-order chi connectivity index (χ1) is 8.00. The maximum Gasteiger partial charge on any atom is 0.285 e. The van der Waals surface area contributed by atoms with Gasteiger partial charge in [-0.3, -0.25) is 4.84 Å². The molecule has 2 rings (SSSR count). The highest BCUT2D eigenvalue weighted by molar-refractivity contribution is 7.90. The van der Waals surface area contributed by atoms with Gasteiger partial charge in [-0.2, -0.15) is 8.42 Å². The highest BCUT2D eigenvalue weighted by Gasteiger charge is 2.28. The van der Waals surface area contributed by atoms with Crippen LogP contribution in [0.1, 0.15) is 5.56 Å². The standard InChI is InChI=1S/C9H8N2O5S/c12-8(13)5-16-10-9-6-3-1-2-4-7(6)17(14,15)11-9/h1-4H,5H2,(H,10,11)(H,12,13)/p-1. The van der Waals surface area contributed by atoms with Crippen molar-refractivity contribution in [1.82, 2.24) is 5.48 Å². The van der Waals surface area contributed by atoms with Crippen molar-refractivity contribution in [3.63, 3.8) is 0 Å². The first-order valence-corrected chi connectivity index (χ1v) is 5.97. The normalized spacial score (nSPS) is 16.1. The number of hydrogen-bond acceptors (Lipinski definition) is 6. The number of fused-ring (bicyclic) bond motifs is 1. The molecule has 1 heterocycles. The number of carbonyl (C=O) groups excluding carboxylic acids is 1. The molecule has 0 bridgehead atoms. The van der Waals surface area contributed by atoms with E-state index in [9.17, 15) is 18.3 Å². The Morgan fingerprint density at radius 3 is 2.82 bits per heavy atom. The number of rotatable bonds is 3. The predicted octanol–water partition coefficient (Wildman–Crippen LogP) is -1.59. The van der Waals surface area contributed by atoms with Gasteiger partial charge >= 0.3 is 0 Å². The Morgan fingerprint density at radius 1 is 1.41 bits per heavy atom. The van der Waals surface area contributed by atoms with E-state index in [4.69, 9.17) is 0 Å². The molecule has 0 aromatic heterocycles. The van der Waals surface area contributed by atoms with E-state index in [1.165, 1.54) is 12.1 Å². The molecule has 0 aliphatic carbocycles. The molecule has 8 heteroatoms. The van der Waals surface area contributed by atoms with Gasteiger partial charge in [0.05, 0.1) is 5.97 Å². The van der Waals surface area contributed by atoms with Gasteiger partial charge in [-0.25, -0.2) is 5.48 Å². The molecule has 1 aromatic carbocycles. The van der Waals surface area contributed by atoms with E-state index in [1.807, 2.05) is 0 Å². The number of amidine groups is 1. The summed E-state index contributed by atoms with van der Waals surface area (Å²) in [5, 5.41) is 10.1. The highest BCUT2D eigenvalue weighted by atomic mass is 32.2. The molecule has 0 saturated heterocycles. The Labute approximate surface area is 96.7 Å². The van der Waals surface area contributed by atoms with Crippen LogP contribution in [0.25, 0.3) is 0 Å². The number of carboxylic acids is 1. The van der Waals surface area contributed by atoms with Gasteiger partial charge in [-0.1, -0.05) is 12.1 Å². The van der Waals surface area contributed by atoms with Gasteiger partial charge in [0.1, 0.15) is 11.5 Å². The summed E-state index contributed by atoms with van der Waals surface area (Å²) in [6.45, 7) is -0.707. The third kappa shape index (κ3) is 2.27. The van der Waals surface area contributed by atoms with E-state index in [-0.39, 0.29) is 10.7 Å². The summed E-state index contributed by atoms with van der Waals surface area (Å²) in [5.74, 6) is -1.46. The average molecular weight is 255 g/mol. The zero-order valence-electron chi connectivity index (χ0n) is 8.41. The Hall–Kier alpha value is -1.93. The van der Waals surface area contributed by atoms with E-state index < -0.39 is 22.6 Å². The number of nitrogens with one attached hydrogen (secondary N) is 1. The van der Waals surface area contributed by atoms with Gasteiger partial charge in [-0.05, 0) is 12.1 Å². The molecule has 0 amide bonds. The van der Waals surface area contributed by atoms with Gasteiger partial charge < -0.3 is 9.90 Å². The molecule has 1 aliphatic heterocycles. The number of carboxylic acid groups (broad SMARTS) is 1. The monoisotopic (exact) mass is 255 g/mol. The summed E-state index contributed by atoms with van der Waals surface area (Å²) in [4.78, 5) is 14.7. The molecule has 0 saturated carbocycles. The molecule has 1 aromatic rings. The molecule has 0 spiro atoms. The maximum atomic E-state index is 11.5. The van der Waals surface area contributed by atoms with E-state index >= 15 is 0 Å². The van der Waals surface area contributed by atoms with Crippen molar-refractivity contribution < 1.29 is 23.2 Å². The van der Waals surface area contributed by atoms with Crippen LogP contribution in [-0.4, -0.2) is 26.8 Å². The molecule has 0 radical (unpaired) electrons. The number of carbonyl (C=O) groups is 1. The third-order valence-electron chi connectivity index (χ3n) is 1.99. The first-order valence-electron chi connectivity index (χ1n) is 4.53. The van der Waals surface area contributed by atoms with Crippen LogP contribution in [0.3, 0.4) is 0 Å². The zero-order valence-corrected chi connectivity index (χ0v) is 9.23. The van der Waals surface area contributed by atoms with Crippen LogP contribution in [0.5, 0.6) is 0 Å². The van der Waals surface area contributed by atoms with Crippen LogP contribution in [0.4, 0.5) is 0 Å². The molecular weight excluding hydrogens is 248 g/mol. The van der Waals surface area contributed by atoms with Crippen LogP contribution in [0.15, 0.2) is 33.6 Å².